The van der Waals surface area contributed by atoms with Gasteiger partial charge in [0.25, 0.3) is 0 Å². The van der Waals surface area contributed by atoms with E-state index in [0.29, 0.717) is 11.8 Å². The maximum absolute atomic E-state index is 9.87. The van der Waals surface area contributed by atoms with Gasteiger partial charge in [0.1, 0.15) is 28.5 Å². The molecule has 4 rings (SSSR count). The molecule has 1 aliphatic carbocycles. The molecule has 1 saturated carbocycles. The van der Waals surface area contributed by atoms with Gasteiger partial charge in [0.2, 0.25) is 0 Å². The molecule has 3 nitrogen and oxygen atoms in total. The summed E-state index contributed by atoms with van der Waals surface area (Å²) in [5, 5.41) is 9.87. The quantitative estimate of drug-likeness (QED) is 0.774. The van der Waals surface area contributed by atoms with Crippen molar-refractivity contribution < 1.29 is 14.6 Å². The fourth-order valence-corrected chi connectivity index (χ4v) is 4.35. The van der Waals surface area contributed by atoms with Crippen molar-refractivity contribution in [1.29, 1.82) is 0 Å². The van der Waals surface area contributed by atoms with Crippen LogP contribution in [-0.2, 0) is 0 Å². The average molecular weight is 260 g/mol. The molecule has 102 valence electrons. The highest BCUT2D eigenvalue weighted by molar-refractivity contribution is 5.55. The number of hydrogen-bond acceptors (Lipinski definition) is 3. The van der Waals surface area contributed by atoms with E-state index in [1.807, 2.05) is 0 Å². The Kier molecular flexibility index (Phi) is 1.93. The first-order chi connectivity index (χ1) is 8.88. The van der Waals surface area contributed by atoms with Crippen LogP contribution in [-0.4, -0.2) is 16.3 Å². The molecule has 3 heteroatoms. The molecular weight excluding hydrogens is 240 g/mol. The van der Waals surface area contributed by atoms with Gasteiger partial charge >= 0.3 is 0 Å². The summed E-state index contributed by atoms with van der Waals surface area (Å²) < 4.78 is 12.3. The average Bonchev–Trinajstić information content (AvgIpc) is 2.24. The summed E-state index contributed by atoms with van der Waals surface area (Å²) in [4.78, 5) is 0. The Hall–Kier alpha value is -1.38. The van der Waals surface area contributed by atoms with Crippen molar-refractivity contribution in [3.8, 4) is 17.2 Å². The molecule has 0 amide bonds. The first-order valence-corrected chi connectivity index (χ1v) is 7.13. The Morgan fingerprint density at radius 3 is 2.58 bits per heavy atom. The minimum absolute atomic E-state index is 0.0767. The summed E-state index contributed by atoms with van der Waals surface area (Å²) >= 11 is 0. The minimum atomic E-state index is -0.165. The number of fused-ring (bicyclic) bond motifs is 1. The number of hydrogen-bond donors (Lipinski definition) is 1. The van der Waals surface area contributed by atoms with E-state index in [4.69, 9.17) is 9.47 Å². The van der Waals surface area contributed by atoms with Gasteiger partial charge in [-0.25, -0.2) is 0 Å². The predicted octanol–water partition coefficient (Wildman–Crippen LogP) is 3.60. The molecule has 0 spiro atoms. The molecular formula is C16H20O3. The van der Waals surface area contributed by atoms with Crippen molar-refractivity contribution in [2.45, 2.75) is 57.2 Å². The van der Waals surface area contributed by atoms with Crippen molar-refractivity contribution in [3.63, 3.8) is 0 Å². The van der Waals surface area contributed by atoms with Crippen molar-refractivity contribution >= 4 is 0 Å². The standard InChI is InChI=1S/C16H20O3/c1-15(2)11-4-5-16(3)8-10(11)14-12(18-15)6-9(17)7-13(14)19-16/h6-7,10-11,17H,4-5,8H2,1-3H3/t10-,11+,16-/m0/s1. The molecule has 2 bridgehead atoms. The van der Waals surface area contributed by atoms with Gasteiger partial charge in [-0.3, -0.25) is 0 Å². The number of phenolic OH excluding ortho intramolecular Hbond substituents is 1. The van der Waals surface area contributed by atoms with Crippen LogP contribution >= 0.6 is 0 Å². The van der Waals surface area contributed by atoms with Gasteiger partial charge in [-0.15, -0.1) is 0 Å². The normalized spacial score (nSPS) is 37.2. The molecule has 0 radical (unpaired) electrons. The van der Waals surface area contributed by atoms with E-state index in [0.717, 1.165) is 30.8 Å². The van der Waals surface area contributed by atoms with Gasteiger partial charge in [0.05, 0.1) is 0 Å². The highest BCUT2D eigenvalue weighted by Crippen LogP contribution is 2.60. The van der Waals surface area contributed by atoms with Gasteiger partial charge < -0.3 is 14.6 Å². The molecule has 3 atom stereocenters. The van der Waals surface area contributed by atoms with Crippen LogP contribution in [0.3, 0.4) is 0 Å². The third kappa shape index (κ3) is 1.44. The van der Waals surface area contributed by atoms with E-state index >= 15 is 0 Å². The molecule has 0 aromatic heterocycles. The molecule has 1 fully saturated rings. The van der Waals surface area contributed by atoms with E-state index in [1.165, 1.54) is 5.56 Å². The van der Waals surface area contributed by atoms with E-state index in [2.05, 4.69) is 20.8 Å². The third-order valence-corrected chi connectivity index (χ3v) is 5.20. The monoisotopic (exact) mass is 260 g/mol. The van der Waals surface area contributed by atoms with Gasteiger partial charge in [-0.2, -0.15) is 0 Å². The molecule has 1 aromatic rings. The number of phenols is 1. The van der Waals surface area contributed by atoms with Crippen LogP contribution < -0.4 is 9.47 Å². The van der Waals surface area contributed by atoms with Crippen LogP contribution in [0, 0.1) is 5.92 Å². The summed E-state index contributed by atoms with van der Waals surface area (Å²) in [6, 6.07) is 3.48. The zero-order chi connectivity index (χ0) is 13.4. The number of ether oxygens (including phenoxy) is 2. The van der Waals surface area contributed by atoms with Crippen LogP contribution in [0.2, 0.25) is 0 Å². The molecule has 1 aromatic carbocycles. The Labute approximate surface area is 113 Å². The lowest BCUT2D eigenvalue weighted by molar-refractivity contribution is -0.0728. The van der Waals surface area contributed by atoms with Crippen LogP contribution in [0.25, 0.3) is 0 Å². The highest BCUT2D eigenvalue weighted by Gasteiger charge is 2.54. The SMILES string of the molecule is CC1(C)Oc2cc(O)cc3c2[C@H]2C[C@](C)(CC[C@H]21)O3. The van der Waals surface area contributed by atoms with E-state index in [1.54, 1.807) is 12.1 Å². The summed E-state index contributed by atoms with van der Waals surface area (Å²) in [6.45, 7) is 6.53. The predicted molar refractivity (Wildman–Crippen MR) is 71.9 cm³/mol. The Balaban J connectivity index is 1.97. The summed E-state index contributed by atoms with van der Waals surface area (Å²) in [5.41, 5.74) is 0.938. The van der Waals surface area contributed by atoms with Crippen LogP contribution in [0.4, 0.5) is 0 Å². The number of benzene rings is 1. The highest BCUT2D eigenvalue weighted by atomic mass is 16.5. The summed E-state index contributed by atoms with van der Waals surface area (Å²) in [7, 11) is 0. The van der Waals surface area contributed by atoms with Crippen LogP contribution in [0.1, 0.15) is 51.5 Å². The maximum atomic E-state index is 9.87. The third-order valence-electron chi connectivity index (χ3n) is 5.20. The van der Waals surface area contributed by atoms with Crippen LogP contribution in [0.5, 0.6) is 17.2 Å². The van der Waals surface area contributed by atoms with Crippen molar-refractivity contribution in [3.05, 3.63) is 17.7 Å². The van der Waals surface area contributed by atoms with Gasteiger partial charge in [0.15, 0.2) is 0 Å². The van der Waals surface area contributed by atoms with Crippen LogP contribution in [0.15, 0.2) is 12.1 Å². The lowest BCUT2D eigenvalue weighted by Gasteiger charge is -2.54. The Morgan fingerprint density at radius 1 is 1.16 bits per heavy atom. The molecule has 3 aliphatic rings. The lowest BCUT2D eigenvalue weighted by Crippen LogP contribution is -2.53. The summed E-state index contributed by atoms with van der Waals surface area (Å²) in [6.07, 6.45) is 3.27. The molecule has 0 unspecified atom stereocenters. The zero-order valence-corrected chi connectivity index (χ0v) is 11.7. The van der Waals surface area contributed by atoms with E-state index < -0.39 is 0 Å². The molecule has 2 aliphatic heterocycles. The topological polar surface area (TPSA) is 38.7 Å². The smallest absolute Gasteiger partial charge is 0.131 e. The lowest BCUT2D eigenvalue weighted by atomic mass is 9.61. The second kappa shape index (κ2) is 3.20. The largest absolute Gasteiger partial charge is 0.508 e. The first kappa shape index (κ1) is 11.4. The minimum Gasteiger partial charge on any atom is -0.508 e. The van der Waals surface area contributed by atoms with Crippen molar-refractivity contribution in [2.24, 2.45) is 5.92 Å². The Bertz CT molecular complexity index is 546. The first-order valence-electron chi connectivity index (χ1n) is 7.13. The van der Waals surface area contributed by atoms with Gasteiger partial charge in [0, 0.05) is 29.5 Å². The molecule has 1 N–H and O–H groups in total. The molecule has 19 heavy (non-hydrogen) atoms. The second-order valence-electron chi connectivity index (χ2n) is 7.07. The molecule has 2 heterocycles. The van der Waals surface area contributed by atoms with E-state index in [-0.39, 0.29) is 17.0 Å². The summed E-state index contributed by atoms with van der Waals surface area (Å²) in [5.74, 6) is 2.91. The van der Waals surface area contributed by atoms with Crippen molar-refractivity contribution in [1.82, 2.24) is 0 Å². The zero-order valence-electron chi connectivity index (χ0n) is 11.7. The fraction of sp³-hybridized carbons (Fsp3) is 0.625. The van der Waals surface area contributed by atoms with Gasteiger partial charge in [-0.1, -0.05) is 0 Å². The number of rotatable bonds is 0. The molecule has 0 saturated heterocycles. The van der Waals surface area contributed by atoms with Crippen molar-refractivity contribution in [2.75, 3.05) is 0 Å². The second-order valence-corrected chi connectivity index (χ2v) is 7.07. The fourth-order valence-electron chi connectivity index (χ4n) is 4.35. The maximum Gasteiger partial charge on any atom is 0.131 e. The van der Waals surface area contributed by atoms with E-state index in [9.17, 15) is 5.11 Å². The van der Waals surface area contributed by atoms with Gasteiger partial charge in [-0.05, 0) is 40.0 Å². The Morgan fingerprint density at radius 2 is 1.84 bits per heavy atom. The number of aromatic hydroxyl groups is 1.